The molecule has 0 aliphatic carbocycles. The maximum atomic E-state index is 12.8. The van der Waals surface area contributed by atoms with Crippen molar-refractivity contribution in [2.45, 2.75) is 12.1 Å². The smallest absolute Gasteiger partial charge is 0.255 e. The summed E-state index contributed by atoms with van der Waals surface area (Å²) in [4.78, 5) is 28.9. The molecule has 2 atom stereocenters. The molecule has 1 amide bonds. The number of rotatable bonds is 2. The van der Waals surface area contributed by atoms with Crippen molar-refractivity contribution in [1.29, 1.82) is 0 Å². The lowest BCUT2D eigenvalue weighted by atomic mass is 10.0. The monoisotopic (exact) mass is 359 g/mol. The lowest BCUT2D eigenvalue weighted by Crippen LogP contribution is -2.61. The Balaban J connectivity index is 1.66. The first-order valence-corrected chi connectivity index (χ1v) is 9.82. The second-order valence-electron chi connectivity index (χ2n) is 6.19. The molecular weight excluding hydrogens is 342 g/mol. The van der Waals surface area contributed by atoms with E-state index in [-0.39, 0.29) is 23.5 Å². The van der Waals surface area contributed by atoms with Crippen LogP contribution in [-0.2, 0) is 9.84 Å². The molecule has 0 N–H and O–H groups in total. The molecule has 9 heteroatoms. The van der Waals surface area contributed by atoms with E-state index in [2.05, 4.69) is 15.0 Å². The van der Waals surface area contributed by atoms with Crippen LogP contribution in [0.5, 0.6) is 0 Å². The van der Waals surface area contributed by atoms with E-state index in [0.29, 0.717) is 24.6 Å². The molecule has 0 bridgehead atoms. The molecule has 130 valence electrons. The van der Waals surface area contributed by atoms with Crippen LogP contribution in [0, 0.1) is 0 Å². The Labute approximate surface area is 145 Å². The molecule has 2 aliphatic heterocycles. The molecule has 2 aromatic rings. The molecule has 0 aromatic carbocycles. The highest BCUT2D eigenvalue weighted by Gasteiger charge is 2.48. The highest BCUT2D eigenvalue weighted by Crippen LogP contribution is 2.30. The topological polar surface area (TPSA) is 96.4 Å². The minimum atomic E-state index is -3.23. The van der Waals surface area contributed by atoms with Crippen molar-refractivity contribution < 1.29 is 13.2 Å². The van der Waals surface area contributed by atoms with E-state index in [9.17, 15) is 13.2 Å². The van der Waals surface area contributed by atoms with Gasteiger partial charge >= 0.3 is 0 Å². The van der Waals surface area contributed by atoms with Crippen LogP contribution < -0.4 is 4.90 Å². The summed E-state index contributed by atoms with van der Waals surface area (Å²) < 4.78 is 24.5. The van der Waals surface area contributed by atoms with Gasteiger partial charge < -0.3 is 9.80 Å². The average Bonchev–Trinajstić information content (AvgIpc) is 2.96. The van der Waals surface area contributed by atoms with Gasteiger partial charge in [-0.1, -0.05) is 0 Å². The number of anilines is 1. The number of piperazine rings is 1. The van der Waals surface area contributed by atoms with Gasteiger partial charge in [0.2, 0.25) is 5.95 Å². The number of fused-ring (bicyclic) bond motifs is 1. The summed E-state index contributed by atoms with van der Waals surface area (Å²) in [5, 5.41) is 0. The number of carbonyl (C=O) groups is 1. The molecule has 4 heterocycles. The lowest BCUT2D eigenvalue weighted by molar-refractivity contribution is 0.0647. The number of pyridine rings is 1. The zero-order valence-electron chi connectivity index (χ0n) is 13.4. The molecule has 8 nitrogen and oxygen atoms in total. The van der Waals surface area contributed by atoms with Crippen LogP contribution in [0.3, 0.4) is 0 Å². The molecule has 2 fully saturated rings. The van der Waals surface area contributed by atoms with Crippen molar-refractivity contribution in [3.8, 4) is 0 Å². The summed E-state index contributed by atoms with van der Waals surface area (Å²) in [5.41, 5.74) is 0.468. The third kappa shape index (κ3) is 2.95. The summed E-state index contributed by atoms with van der Waals surface area (Å²) in [6, 6.07) is 4.37. The molecule has 0 saturated carbocycles. The standard InChI is InChI=1S/C16H17N5O3S/c22-15(12-3-1-4-17-9-12)20-7-8-21(16-18-5-2-6-19-16)14-11-25(23,24)10-13(14)20/h1-6,9,13-14H,7-8,10-11H2/t13-,14+/m0/s1. The molecule has 0 unspecified atom stereocenters. The Bertz CT molecular complexity index is 875. The number of carbonyl (C=O) groups excluding carboxylic acids is 1. The number of hydrogen-bond donors (Lipinski definition) is 0. The van der Waals surface area contributed by atoms with Crippen molar-refractivity contribution in [2.75, 3.05) is 29.5 Å². The van der Waals surface area contributed by atoms with E-state index in [1.54, 1.807) is 41.7 Å². The van der Waals surface area contributed by atoms with Crippen LogP contribution in [0.2, 0.25) is 0 Å². The number of amides is 1. The van der Waals surface area contributed by atoms with Crippen LogP contribution in [-0.4, -0.2) is 70.9 Å². The average molecular weight is 359 g/mol. The van der Waals surface area contributed by atoms with E-state index >= 15 is 0 Å². The van der Waals surface area contributed by atoms with Crippen LogP contribution >= 0.6 is 0 Å². The number of sulfone groups is 1. The van der Waals surface area contributed by atoms with Gasteiger partial charge in [0.25, 0.3) is 5.91 Å². The first-order chi connectivity index (χ1) is 12.1. The Hall–Kier alpha value is -2.55. The first-order valence-electron chi connectivity index (χ1n) is 8.00. The van der Waals surface area contributed by atoms with Gasteiger partial charge in [0.05, 0.1) is 29.2 Å². The second-order valence-corrected chi connectivity index (χ2v) is 8.35. The molecule has 2 aromatic heterocycles. The quantitative estimate of drug-likeness (QED) is 0.744. The van der Waals surface area contributed by atoms with Gasteiger partial charge in [0, 0.05) is 37.9 Å². The fraction of sp³-hybridized carbons (Fsp3) is 0.375. The van der Waals surface area contributed by atoms with E-state index < -0.39 is 15.9 Å². The van der Waals surface area contributed by atoms with Gasteiger partial charge in [-0.15, -0.1) is 0 Å². The summed E-state index contributed by atoms with van der Waals surface area (Å²) in [5.74, 6) is 0.289. The Morgan fingerprint density at radius 3 is 2.52 bits per heavy atom. The van der Waals surface area contributed by atoms with Gasteiger partial charge in [0.15, 0.2) is 9.84 Å². The molecular formula is C16H17N5O3S. The van der Waals surface area contributed by atoms with Gasteiger partial charge in [-0.05, 0) is 18.2 Å². The van der Waals surface area contributed by atoms with Crippen LogP contribution in [0.4, 0.5) is 5.95 Å². The number of nitrogens with zero attached hydrogens (tertiary/aromatic N) is 5. The van der Waals surface area contributed by atoms with E-state index in [1.807, 2.05) is 4.90 Å². The summed E-state index contributed by atoms with van der Waals surface area (Å²) in [6.45, 7) is 0.912. The van der Waals surface area contributed by atoms with Gasteiger partial charge in [0.1, 0.15) is 0 Å². The first kappa shape index (κ1) is 15.9. The fourth-order valence-electron chi connectivity index (χ4n) is 3.55. The third-order valence-corrected chi connectivity index (χ3v) is 6.35. The Kier molecular flexibility index (Phi) is 3.87. The maximum absolute atomic E-state index is 12.8. The zero-order chi connectivity index (χ0) is 17.4. The van der Waals surface area contributed by atoms with Crippen LogP contribution in [0.1, 0.15) is 10.4 Å². The van der Waals surface area contributed by atoms with Crippen molar-refractivity contribution in [3.63, 3.8) is 0 Å². The van der Waals surface area contributed by atoms with Crippen LogP contribution in [0.25, 0.3) is 0 Å². The normalized spacial score (nSPS) is 24.8. The van der Waals surface area contributed by atoms with E-state index in [4.69, 9.17) is 0 Å². The third-order valence-electron chi connectivity index (χ3n) is 4.65. The zero-order valence-corrected chi connectivity index (χ0v) is 14.2. The van der Waals surface area contributed by atoms with Gasteiger partial charge in [-0.2, -0.15) is 0 Å². The molecule has 25 heavy (non-hydrogen) atoms. The maximum Gasteiger partial charge on any atom is 0.255 e. The minimum Gasteiger partial charge on any atom is -0.333 e. The molecule has 4 rings (SSSR count). The highest BCUT2D eigenvalue weighted by molar-refractivity contribution is 7.91. The highest BCUT2D eigenvalue weighted by atomic mass is 32.2. The van der Waals surface area contributed by atoms with E-state index in [0.717, 1.165) is 0 Å². The molecule has 2 aliphatic rings. The minimum absolute atomic E-state index is 0.00669. The van der Waals surface area contributed by atoms with Gasteiger partial charge in [-0.25, -0.2) is 18.4 Å². The Morgan fingerprint density at radius 2 is 1.80 bits per heavy atom. The van der Waals surface area contributed by atoms with Crippen LogP contribution in [0.15, 0.2) is 43.0 Å². The number of aromatic nitrogens is 3. The van der Waals surface area contributed by atoms with Crippen molar-refractivity contribution in [2.24, 2.45) is 0 Å². The number of hydrogen-bond acceptors (Lipinski definition) is 7. The van der Waals surface area contributed by atoms with E-state index in [1.165, 1.54) is 6.20 Å². The predicted molar refractivity (Wildman–Crippen MR) is 90.9 cm³/mol. The molecule has 0 radical (unpaired) electrons. The second kappa shape index (κ2) is 6.07. The summed E-state index contributed by atoms with van der Waals surface area (Å²) in [7, 11) is -3.23. The fourth-order valence-corrected chi connectivity index (χ4v) is 5.53. The summed E-state index contributed by atoms with van der Waals surface area (Å²) >= 11 is 0. The van der Waals surface area contributed by atoms with Crippen molar-refractivity contribution >= 4 is 21.7 Å². The predicted octanol–water partition coefficient (Wildman–Crippen LogP) is -0.000400. The lowest BCUT2D eigenvalue weighted by Gasteiger charge is -2.43. The van der Waals surface area contributed by atoms with Crippen molar-refractivity contribution in [3.05, 3.63) is 48.5 Å². The molecule has 2 saturated heterocycles. The van der Waals surface area contributed by atoms with Crippen molar-refractivity contribution in [1.82, 2.24) is 19.9 Å². The SMILES string of the molecule is O=C(c1cccnc1)N1CCN(c2ncccn2)[C@@H]2CS(=O)(=O)C[C@@H]21. The summed E-state index contributed by atoms with van der Waals surface area (Å²) in [6.07, 6.45) is 6.37. The molecule has 0 spiro atoms. The largest absolute Gasteiger partial charge is 0.333 e. The Morgan fingerprint density at radius 1 is 1.04 bits per heavy atom. The van der Waals surface area contributed by atoms with Gasteiger partial charge in [-0.3, -0.25) is 9.78 Å².